The van der Waals surface area contributed by atoms with Crippen LogP contribution in [0.25, 0.3) is 10.9 Å². The van der Waals surface area contributed by atoms with Gasteiger partial charge in [0.15, 0.2) is 0 Å². The summed E-state index contributed by atoms with van der Waals surface area (Å²) < 4.78 is 31.1. The van der Waals surface area contributed by atoms with E-state index in [1.54, 1.807) is 12.1 Å². The molecule has 16 heavy (non-hydrogen) atoms. The first kappa shape index (κ1) is 13.6. The summed E-state index contributed by atoms with van der Waals surface area (Å²) in [6.45, 7) is 0. The summed E-state index contributed by atoms with van der Waals surface area (Å²) in [5.74, 6) is 0. The van der Waals surface area contributed by atoms with Crippen molar-refractivity contribution in [1.29, 1.82) is 0 Å². The van der Waals surface area contributed by atoms with Gasteiger partial charge in [0.25, 0.3) is 10.1 Å². The minimum Gasteiger partial charge on any atom is -0.282 e. The van der Waals surface area contributed by atoms with Gasteiger partial charge in [-0.05, 0) is 24.3 Å². The molecule has 0 unspecified atom stereocenters. The molecule has 1 aromatic heterocycles. The fourth-order valence-corrected chi connectivity index (χ4v) is 2.29. The molecule has 4 nitrogen and oxygen atoms in total. The first-order valence-electron chi connectivity index (χ1n) is 4.04. The summed E-state index contributed by atoms with van der Waals surface area (Å²) >= 11 is 4.15. The zero-order valence-corrected chi connectivity index (χ0v) is 11.8. The van der Waals surface area contributed by atoms with E-state index < -0.39 is 10.1 Å². The smallest absolute Gasteiger partial charge is 0.282 e. The van der Waals surface area contributed by atoms with E-state index in [4.69, 9.17) is 4.55 Å². The van der Waals surface area contributed by atoms with Crippen molar-refractivity contribution in [3.8, 4) is 0 Å². The van der Waals surface area contributed by atoms with Crippen LogP contribution in [0.2, 0.25) is 0 Å². The first-order chi connectivity index (χ1) is 7.00. The van der Waals surface area contributed by atoms with Crippen LogP contribution in [0.5, 0.6) is 0 Å². The SMILES string of the molecule is O=S(=O)(O)c1ccc(S)c2ncccc12.[Pt+2]. The standard InChI is InChI=1S/C9H7NO3S2.Pt/c11-15(12,13)8-4-3-7(14)9-6(8)2-1-5-10-9;/h1-5,14H,(H,11,12,13);/q;+2. The fraction of sp³-hybridized carbons (Fsp3) is 0. The molecule has 86 valence electrons. The van der Waals surface area contributed by atoms with E-state index in [0.29, 0.717) is 15.8 Å². The summed E-state index contributed by atoms with van der Waals surface area (Å²) in [7, 11) is -4.22. The number of benzene rings is 1. The normalized spacial score (nSPS) is 11.1. The van der Waals surface area contributed by atoms with Gasteiger partial charge in [-0.3, -0.25) is 9.54 Å². The Kier molecular flexibility index (Phi) is 4.12. The molecule has 1 heterocycles. The van der Waals surface area contributed by atoms with Crippen molar-refractivity contribution in [3.05, 3.63) is 30.5 Å². The van der Waals surface area contributed by atoms with Crippen LogP contribution in [-0.2, 0) is 31.2 Å². The molecule has 1 N–H and O–H groups in total. The monoisotopic (exact) mass is 436 g/mol. The van der Waals surface area contributed by atoms with Crippen molar-refractivity contribution in [2.75, 3.05) is 0 Å². The van der Waals surface area contributed by atoms with E-state index in [9.17, 15) is 8.42 Å². The Morgan fingerprint density at radius 2 is 1.94 bits per heavy atom. The number of rotatable bonds is 1. The predicted octanol–water partition coefficient (Wildman–Crippen LogP) is 1.77. The maximum Gasteiger partial charge on any atom is 2.00 e. The zero-order chi connectivity index (χ0) is 11.1. The van der Waals surface area contributed by atoms with Crippen LogP contribution in [0.15, 0.2) is 40.3 Å². The molecular formula is C9H7NO3PtS2+2. The van der Waals surface area contributed by atoms with Crippen molar-refractivity contribution in [3.63, 3.8) is 0 Å². The third-order valence-electron chi connectivity index (χ3n) is 1.99. The van der Waals surface area contributed by atoms with Gasteiger partial charge in [-0.15, -0.1) is 12.6 Å². The second-order valence-corrected chi connectivity index (χ2v) is 4.83. The molecule has 0 fully saturated rings. The number of pyridine rings is 1. The van der Waals surface area contributed by atoms with Gasteiger partial charge >= 0.3 is 21.1 Å². The van der Waals surface area contributed by atoms with Crippen LogP contribution in [-0.4, -0.2) is 18.0 Å². The second-order valence-electron chi connectivity index (χ2n) is 2.96. The minimum absolute atomic E-state index is 0. The summed E-state index contributed by atoms with van der Waals surface area (Å²) in [6.07, 6.45) is 1.54. The summed E-state index contributed by atoms with van der Waals surface area (Å²) in [5.41, 5.74) is 0.455. The third kappa shape index (κ3) is 2.46. The van der Waals surface area contributed by atoms with Gasteiger partial charge in [0.2, 0.25) is 0 Å². The number of fused-ring (bicyclic) bond motifs is 1. The molecule has 7 heteroatoms. The quantitative estimate of drug-likeness (QED) is 0.528. The van der Waals surface area contributed by atoms with Crippen LogP contribution in [0.4, 0.5) is 0 Å². The van der Waals surface area contributed by atoms with Crippen LogP contribution in [0.3, 0.4) is 0 Å². The summed E-state index contributed by atoms with van der Waals surface area (Å²) in [5, 5.41) is 0.368. The predicted molar refractivity (Wildman–Crippen MR) is 58.8 cm³/mol. The Hall–Kier alpha value is -0.422. The van der Waals surface area contributed by atoms with E-state index in [-0.39, 0.29) is 26.0 Å². The van der Waals surface area contributed by atoms with Crippen molar-refractivity contribution in [1.82, 2.24) is 4.98 Å². The molecule has 0 saturated heterocycles. The van der Waals surface area contributed by atoms with E-state index in [2.05, 4.69) is 17.6 Å². The van der Waals surface area contributed by atoms with Gasteiger partial charge in [-0.25, -0.2) is 0 Å². The van der Waals surface area contributed by atoms with Crippen LogP contribution in [0.1, 0.15) is 0 Å². The molecule has 0 bridgehead atoms. The van der Waals surface area contributed by atoms with Crippen molar-refractivity contribution < 1.29 is 34.0 Å². The van der Waals surface area contributed by atoms with Gasteiger partial charge in [0.1, 0.15) is 4.90 Å². The maximum absolute atomic E-state index is 11.1. The molecular weight excluding hydrogens is 429 g/mol. The van der Waals surface area contributed by atoms with Crippen LogP contribution >= 0.6 is 12.6 Å². The van der Waals surface area contributed by atoms with Gasteiger partial charge < -0.3 is 0 Å². The van der Waals surface area contributed by atoms with Crippen molar-refractivity contribution >= 4 is 33.6 Å². The van der Waals surface area contributed by atoms with Crippen LogP contribution in [0, 0.1) is 0 Å². The number of aromatic nitrogens is 1. The number of hydrogen-bond acceptors (Lipinski definition) is 4. The number of thiol groups is 1. The fourth-order valence-electron chi connectivity index (χ4n) is 1.36. The molecule has 0 amide bonds. The van der Waals surface area contributed by atoms with Gasteiger partial charge in [-0.1, -0.05) is 0 Å². The van der Waals surface area contributed by atoms with Crippen molar-refractivity contribution in [2.24, 2.45) is 0 Å². The number of hydrogen-bond donors (Lipinski definition) is 2. The van der Waals surface area contributed by atoms with Crippen LogP contribution < -0.4 is 0 Å². The molecule has 0 aliphatic rings. The molecule has 0 aliphatic carbocycles. The molecule has 0 atom stereocenters. The van der Waals surface area contributed by atoms with Gasteiger partial charge in [0.05, 0.1) is 5.52 Å². The third-order valence-corrected chi connectivity index (χ3v) is 3.26. The van der Waals surface area contributed by atoms with E-state index in [0.717, 1.165) is 0 Å². The van der Waals surface area contributed by atoms with Crippen molar-refractivity contribution in [2.45, 2.75) is 9.79 Å². The van der Waals surface area contributed by atoms with E-state index in [1.165, 1.54) is 18.3 Å². The molecule has 2 rings (SSSR count). The summed E-state index contributed by atoms with van der Waals surface area (Å²) in [6, 6.07) is 5.97. The van der Waals surface area contributed by atoms with Gasteiger partial charge in [0, 0.05) is 16.5 Å². The van der Waals surface area contributed by atoms with E-state index in [1.807, 2.05) is 0 Å². The Morgan fingerprint density at radius 3 is 2.56 bits per heavy atom. The zero-order valence-electron chi connectivity index (χ0n) is 7.77. The molecule has 2 aromatic rings. The maximum atomic E-state index is 11.1. The molecule has 0 aliphatic heterocycles. The Labute approximate surface area is 113 Å². The first-order valence-corrected chi connectivity index (χ1v) is 5.93. The molecule has 0 spiro atoms. The topological polar surface area (TPSA) is 67.3 Å². The molecule has 0 radical (unpaired) electrons. The van der Waals surface area contributed by atoms with Gasteiger partial charge in [-0.2, -0.15) is 8.42 Å². The average Bonchev–Trinajstić information content (AvgIpc) is 2.17. The average molecular weight is 436 g/mol. The molecule has 0 saturated carbocycles. The second kappa shape index (κ2) is 4.83. The number of nitrogens with zero attached hydrogens (tertiary/aromatic N) is 1. The largest absolute Gasteiger partial charge is 2.00 e. The van der Waals surface area contributed by atoms with E-state index >= 15 is 0 Å². The Bertz CT molecular complexity index is 628. The Balaban J connectivity index is 0.00000128. The summed E-state index contributed by atoms with van der Waals surface area (Å²) in [4.78, 5) is 4.42. The Morgan fingerprint density at radius 1 is 1.25 bits per heavy atom. The minimum atomic E-state index is -4.22. The molecule has 1 aromatic carbocycles.